The van der Waals surface area contributed by atoms with Crippen molar-refractivity contribution in [2.24, 2.45) is 0 Å². The molecule has 0 saturated carbocycles. The molecule has 0 aliphatic carbocycles. The molecule has 1 fully saturated rings. The number of carbonyl (C=O) groups is 1. The third-order valence-electron chi connectivity index (χ3n) is 5.44. The van der Waals surface area contributed by atoms with Crippen LogP contribution in [-0.2, 0) is 4.74 Å². The Morgan fingerprint density at radius 2 is 1.90 bits per heavy atom. The van der Waals surface area contributed by atoms with Gasteiger partial charge in [0, 0.05) is 36.7 Å². The van der Waals surface area contributed by atoms with Crippen LogP contribution in [0, 0.1) is 6.92 Å². The van der Waals surface area contributed by atoms with E-state index in [1.807, 2.05) is 25.1 Å². The molecule has 0 unspecified atom stereocenters. The third-order valence-corrected chi connectivity index (χ3v) is 5.44. The molecule has 156 valence electrons. The zero-order valence-corrected chi connectivity index (χ0v) is 17.1. The van der Waals surface area contributed by atoms with Gasteiger partial charge in [0.1, 0.15) is 5.82 Å². The summed E-state index contributed by atoms with van der Waals surface area (Å²) in [6, 6.07) is 11.8. The van der Waals surface area contributed by atoms with Crippen LogP contribution in [0.1, 0.15) is 15.9 Å². The van der Waals surface area contributed by atoms with E-state index in [2.05, 4.69) is 42.3 Å². The first-order valence-corrected chi connectivity index (χ1v) is 10.2. The average Bonchev–Trinajstić information content (AvgIpc) is 3.26. The number of anilines is 2. The number of nitrogens with zero attached hydrogens (tertiary/aromatic N) is 4. The van der Waals surface area contributed by atoms with Crippen LogP contribution < -0.4 is 10.2 Å². The van der Waals surface area contributed by atoms with E-state index >= 15 is 0 Å². The van der Waals surface area contributed by atoms with Crippen LogP contribution in [0.3, 0.4) is 0 Å². The molecule has 0 radical (unpaired) electrons. The van der Waals surface area contributed by atoms with Gasteiger partial charge in [-0.1, -0.05) is 0 Å². The molecule has 8 heteroatoms. The van der Waals surface area contributed by atoms with Gasteiger partial charge >= 0.3 is 0 Å². The number of amides is 1. The minimum Gasteiger partial charge on any atom is -0.378 e. The summed E-state index contributed by atoms with van der Waals surface area (Å²) in [7, 11) is 0. The number of benzene rings is 1. The Morgan fingerprint density at radius 3 is 2.68 bits per heavy atom. The number of H-pyrrole nitrogens is 1. The highest BCUT2D eigenvalue weighted by atomic mass is 16.5. The molecule has 0 spiro atoms. The van der Waals surface area contributed by atoms with Gasteiger partial charge in [-0.15, -0.1) is 0 Å². The van der Waals surface area contributed by atoms with E-state index in [1.165, 1.54) is 0 Å². The number of hydrogen-bond acceptors (Lipinski definition) is 6. The largest absolute Gasteiger partial charge is 0.378 e. The minimum atomic E-state index is -0.235. The highest BCUT2D eigenvalue weighted by molar-refractivity contribution is 6.11. The quantitative estimate of drug-likeness (QED) is 0.531. The summed E-state index contributed by atoms with van der Waals surface area (Å²) in [4.78, 5) is 31.5. The minimum absolute atomic E-state index is 0.235. The fourth-order valence-electron chi connectivity index (χ4n) is 3.67. The second kappa shape index (κ2) is 8.16. The van der Waals surface area contributed by atoms with Crippen molar-refractivity contribution in [2.45, 2.75) is 6.92 Å². The van der Waals surface area contributed by atoms with Crippen molar-refractivity contribution < 1.29 is 9.53 Å². The van der Waals surface area contributed by atoms with Crippen molar-refractivity contribution in [1.82, 2.24) is 19.9 Å². The molecule has 0 atom stereocenters. The van der Waals surface area contributed by atoms with Crippen molar-refractivity contribution in [3.8, 4) is 11.4 Å². The second-order valence-electron chi connectivity index (χ2n) is 7.43. The van der Waals surface area contributed by atoms with Crippen LogP contribution in [0.5, 0.6) is 0 Å². The van der Waals surface area contributed by atoms with Crippen LogP contribution in [0.15, 0.2) is 55.0 Å². The molecular weight excluding hydrogens is 392 g/mol. The van der Waals surface area contributed by atoms with E-state index in [9.17, 15) is 4.79 Å². The maximum absolute atomic E-state index is 12.9. The Labute approximate surface area is 179 Å². The van der Waals surface area contributed by atoms with Crippen LogP contribution in [0.4, 0.5) is 11.4 Å². The van der Waals surface area contributed by atoms with E-state index in [0.29, 0.717) is 28.2 Å². The molecule has 1 amide bonds. The van der Waals surface area contributed by atoms with E-state index in [0.717, 1.165) is 43.1 Å². The first-order valence-electron chi connectivity index (χ1n) is 10.2. The number of imidazole rings is 1. The number of hydrogen-bond donors (Lipinski definition) is 2. The van der Waals surface area contributed by atoms with Crippen molar-refractivity contribution in [2.75, 3.05) is 36.5 Å². The monoisotopic (exact) mass is 414 g/mol. The third kappa shape index (κ3) is 3.85. The fourth-order valence-corrected chi connectivity index (χ4v) is 3.67. The molecule has 1 saturated heterocycles. The van der Waals surface area contributed by atoms with Crippen molar-refractivity contribution in [3.05, 3.63) is 66.1 Å². The Bertz CT molecular complexity index is 1230. The zero-order valence-electron chi connectivity index (χ0n) is 17.1. The Balaban J connectivity index is 1.43. The van der Waals surface area contributed by atoms with Gasteiger partial charge in [0.05, 0.1) is 36.2 Å². The molecule has 8 nitrogen and oxygen atoms in total. The number of nitrogens with one attached hydrogen (secondary N) is 2. The summed E-state index contributed by atoms with van der Waals surface area (Å²) >= 11 is 0. The van der Waals surface area contributed by atoms with E-state index in [1.54, 1.807) is 24.7 Å². The Morgan fingerprint density at radius 1 is 1.10 bits per heavy atom. The first-order chi connectivity index (χ1) is 15.2. The van der Waals surface area contributed by atoms with Gasteiger partial charge in [-0.25, -0.2) is 9.97 Å². The highest BCUT2D eigenvalue weighted by Crippen LogP contribution is 2.25. The molecule has 3 aromatic heterocycles. The Hall–Kier alpha value is -3.78. The summed E-state index contributed by atoms with van der Waals surface area (Å²) < 4.78 is 5.42. The zero-order chi connectivity index (χ0) is 21.2. The lowest BCUT2D eigenvalue weighted by atomic mass is 10.2. The second-order valence-corrected chi connectivity index (χ2v) is 7.43. The standard InChI is InChI=1S/C23H22N6O2/c1-15-6-8-24-14-19(15)26-23(30)18-7-9-25-22-20(18)27-21(28-22)16-2-4-17(5-3-16)29-10-12-31-13-11-29/h2-9,14H,10-13H2,1H3,(H,26,30)(H,25,27,28). The smallest absolute Gasteiger partial charge is 0.258 e. The maximum atomic E-state index is 12.9. The molecule has 2 N–H and O–H groups in total. The number of morpholine rings is 1. The predicted octanol–water partition coefficient (Wildman–Crippen LogP) is 3.42. The summed E-state index contributed by atoms with van der Waals surface area (Å²) in [6.07, 6.45) is 4.93. The molecule has 1 aliphatic heterocycles. The van der Waals surface area contributed by atoms with Crippen molar-refractivity contribution in [3.63, 3.8) is 0 Å². The summed E-state index contributed by atoms with van der Waals surface area (Å²) in [5, 5.41) is 2.92. The molecule has 1 aromatic carbocycles. The normalized spacial score (nSPS) is 14.0. The van der Waals surface area contributed by atoms with Crippen LogP contribution in [-0.4, -0.2) is 52.1 Å². The van der Waals surface area contributed by atoms with Crippen molar-refractivity contribution >= 4 is 28.4 Å². The average molecular weight is 414 g/mol. The number of rotatable bonds is 4. The molecule has 4 aromatic rings. The number of fused-ring (bicyclic) bond motifs is 1. The fraction of sp³-hybridized carbons (Fsp3) is 0.217. The Kier molecular flexibility index (Phi) is 5.05. The molecule has 0 bridgehead atoms. The summed E-state index contributed by atoms with van der Waals surface area (Å²) in [6.45, 7) is 5.21. The number of carbonyl (C=O) groups excluding carboxylic acids is 1. The van der Waals surface area contributed by atoms with Crippen molar-refractivity contribution in [1.29, 1.82) is 0 Å². The number of pyridine rings is 2. The van der Waals surface area contributed by atoms with E-state index < -0.39 is 0 Å². The molecule has 4 heterocycles. The summed E-state index contributed by atoms with van der Waals surface area (Å²) in [5.74, 6) is 0.440. The lowest BCUT2D eigenvalue weighted by molar-refractivity contribution is 0.102. The van der Waals surface area contributed by atoms with Gasteiger partial charge in [0.25, 0.3) is 5.91 Å². The van der Waals surface area contributed by atoms with Gasteiger partial charge in [-0.2, -0.15) is 0 Å². The summed E-state index contributed by atoms with van der Waals surface area (Å²) in [5.41, 5.74) is 5.31. The SMILES string of the molecule is Cc1ccncc1NC(=O)c1ccnc2nc(-c3ccc(N4CCOCC4)cc3)[nH]c12. The van der Waals surface area contributed by atoms with Gasteiger partial charge in [0.2, 0.25) is 0 Å². The number of ether oxygens (including phenoxy) is 1. The molecule has 31 heavy (non-hydrogen) atoms. The van der Waals surface area contributed by atoms with Crippen LogP contribution >= 0.6 is 0 Å². The molecule has 5 rings (SSSR count). The highest BCUT2D eigenvalue weighted by Gasteiger charge is 2.17. The van der Waals surface area contributed by atoms with Gasteiger partial charge < -0.3 is 19.9 Å². The van der Waals surface area contributed by atoms with E-state index in [-0.39, 0.29) is 5.91 Å². The van der Waals surface area contributed by atoms with Gasteiger partial charge in [-0.3, -0.25) is 9.78 Å². The number of aromatic amines is 1. The lowest BCUT2D eigenvalue weighted by Crippen LogP contribution is -2.36. The number of aromatic nitrogens is 4. The van der Waals surface area contributed by atoms with Crippen LogP contribution in [0.25, 0.3) is 22.6 Å². The molecular formula is C23H22N6O2. The maximum Gasteiger partial charge on any atom is 0.258 e. The predicted molar refractivity (Wildman–Crippen MR) is 119 cm³/mol. The first kappa shape index (κ1) is 19.2. The topological polar surface area (TPSA) is 96.0 Å². The van der Waals surface area contributed by atoms with E-state index in [4.69, 9.17) is 4.74 Å². The lowest BCUT2D eigenvalue weighted by Gasteiger charge is -2.28. The molecule has 1 aliphatic rings. The van der Waals surface area contributed by atoms with Gasteiger partial charge in [0.15, 0.2) is 5.65 Å². The van der Waals surface area contributed by atoms with Gasteiger partial charge in [-0.05, 0) is 48.9 Å². The number of aryl methyl sites for hydroxylation is 1. The van der Waals surface area contributed by atoms with Crippen LogP contribution in [0.2, 0.25) is 0 Å².